The summed E-state index contributed by atoms with van der Waals surface area (Å²) in [6, 6.07) is 9.74. The molecule has 1 saturated heterocycles. The fraction of sp³-hybridized carbons (Fsp3) is 0.348. The Kier molecular flexibility index (Phi) is 7.61. The number of hydrogen-bond donors (Lipinski definition) is 4. The summed E-state index contributed by atoms with van der Waals surface area (Å²) in [5.41, 5.74) is 8.09. The van der Waals surface area contributed by atoms with E-state index >= 15 is 0 Å². The van der Waals surface area contributed by atoms with Crippen molar-refractivity contribution in [3.63, 3.8) is 0 Å². The van der Waals surface area contributed by atoms with Crippen LogP contribution in [0, 0.1) is 6.92 Å². The summed E-state index contributed by atoms with van der Waals surface area (Å²) >= 11 is 7.08. The lowest BCUT2D eigenvalue weighted by Gasteiger charge is -2.33. The molecule has 1 aromatic carbocycles. The van der Waals surface area contributed by atoms with Crippen molar-refractivity contribution in [2.24, 2.45) is 0 Å². The summed E-state index contributed by atoms with van der Waals surface area (Å²) in [6.45, 7) is 3.41. The average molecular weight is 513 g/mol. The first kappa shape index (κ1) is 24.6. The number of nitrogens with zero attached hydrogens (tertiary/aromatic N) is 4. The van der Waals surface area contributed by atoms with Crippen molar-refractivity contribution >= 4 is 51.9 Å². The highest BCUT2D eigenvalue weighted by Gasteiger charge is 2.25. The Bertz CT molecular complexity index is 1200. The molecule has 0 saturated carbocycles. The highest BCUT2D eigenvalue weighted by atomic mass is 32.1. The number of thiocarbonyl (C=S) groups is 1. The number of thiazole rings is 1. The van der Waals surface area contributed by atoms with Gasteiger partial charge in [-0.25, -0.2) is 4.98 Å². The van der Waals surface area contributed by atoms with Gasteiger partial charge < -0.3 is 15.1 Å². The van der Waals surface area contributed by atoms with Crippen molar-refractivity contribution in [1.29, 1.82) is 0 Å². The van der Waals surface area contributed by atoms with Gasteiger partial charge in [-0.15, -0.1) is 11.3 Å². The van der Waals surface area contributed by atoms with Crippen LogP contribution in [0.15, 0.2) is 35.7 Å². The molecule has 0 atom stereocenters. The number of amides is 2. The number of carbonyl (C=O) groups excluding carboxylic acids is 2. The molecule has 1 aliphatic heterocycles. The van der Waals surface area contributed by atoms with Gasteiger partial charge in [-0.3, -0.25) is 25.5 Å². The molecule has 10 nitrogen and oxygen atoms in total. The molecule has 3 heterocycles. The number of aromatic nitrogens is 3. The fourth-order valence-electron chi connectivity index (χ4n) is 3.73. The monoisotopic (exact) mass is 512 g/mol. The second-order valence-electron chi connectivity index (χ2n) is 8.55. The Hall–Kier alpha value is -3.51. The molecule has 0 bridgehead atoms. The number of hydrogen-bond acceptors (Lipinski definition) is 7. The van der Waals surface area contributed by atoms with Gasteiger partial charge in [-0.2, -0.15) is 5.10 Å². The first-order valence-corrected chi connectivity index (χ1v) is 12.5. The lowest BCUT2D eigenvalue weighted by Crippen LogP contribution is -2.42. The van der Waals surface area contributed by atoms with Crippen LogP contribution < -0.4 is 21.1 Å². The summed E-state index contributed by atoms with van der Waals surface area (Å²) in [4.78, 5) is 33.2. The minimum absolute atomic E-state index is 0.200. The standard InChI is InChI=1S/C23H28N8O2S2/c1-14-12-18(27-26-14)20(32)28-29-21(33)19-13-35-22(25-19)15-8-10-31(11-9-15)23(34)24-16-4-6-17(7-5-16)30(2)3/h4-7,12-13,15H,8-11H2,1-3H3,(H,24,34)(H,26,27)(H,28,32)(H,29,33). The van der Waals surface area contributed by atoms with E-state index in [0.29, 0.717) is 5.11 Å². The second-order valence-corrected chi connectivity index (χ2v) is 9.82. The number of carbonyl (C=O) groups is 2. The van der Waals surface area contributed by atoms with Gasteiger partial charge in [0.05, 0.1) is 5.01 Å². The molecule has 2 amide bonds. The summed E-state index contributed by atoms with van der Waals surface area (Å²) in [7, 11) is 4.02. The Labute approximate surface area is 213 Å². The van der Waals surface area contributed by atoms with Crippen molar-refractivity contribution in [3.05, 3.63) is 57.8 Å². The van der Waals surface area contributed by atoms with Crippen molar-refractivity contribution < 1.29 is 9.59 Å². The molecule has 35 heavy (non-hydrogen) atoms. The topological polar surface area (TPSA) is 118 Å². The van der Waals surface area contributed by atoms with Crippen LogP contribution in [0.3, 0.4) is 0 Å². The lowest BCUT2D eigenvalue weighted by atomic mass is 9.98. The number of anilines is 2. The predicted octanol–water partition coefficient (Wildman–Crippen LogP) is 2.89. The first-order valence-electron chi connectivity index (χ1n) is 11.2. The van der Waals surface area contributed by atoms with Crippen molar-refractivity contribution in [2.75, 3.05) is 37.4 Å². The van der Waals surface area contributed by atoms with E-state index in [0.717, 1.165) is 48.0 Å². The van der Waals surface area contributed by atoms with Gasteiger partial charge in [-0.1, -0.05) is 0 Å². The van der Waals surface area contributed by atoms with Crippen LogP contribution in [0.4, 0.5) is 11.4 Å². The highest BCUT2D eigenvalue weighted by Crippen LogP contribution is 2.30. The number of likely N-dealkylation sites (tertiary alicyclic amines) is 1. The molecular weight excluding hydrogens is 484 g/mol. The van der Waals surface area contributed by atoms with Crippen LogP contribution in [0.5, 0.6) is 0 Å². The van der Waals surface area contributed by atoms with E-state index < -0.39 is 11.8 Å². The lowest BCUT2D eigenvalue weighted by molar-refractivity contribution is 0.0841. The Balaban J connectivity index is 1.25. The van der Waals surface area contributed by atoms with E-state index in [2.05, 4.69) is 53.3 Å². The average Bonchev–Trinajstić information content (AvgIpc) is 3.52. The second kappa shape index (κ2) is 10.8. The third kappa shape index (κ3) is 6.14. The fourth-order valence-corrected chi connectivity index (χ4v) is 5.00. The maximum Gasteiger partial charge on any atom is 0.290 e. The molecule has 0 aliphatic carbocycles. The number of rotatable bonds is 5. The number of aryl methyl sites for hydroxylation is 1. The van der Waals surface area contributed by atoms with Crippen LogP contribution in [-0.4, -0.2) is 64.2 Å². The molecule has 1 aliphatic rings. The molecule has 3 aromatic rings. The highest BCUT2D eigenvalue weighted by molar-refractivity contribution is 7.80. The molecule has 184 valence electrons. The van der Waals surface area contributed by atoms with Gasteiger partial charge in [0.1, 0.15) is 5.69 Å². The van der Waals surface area contributed by atoms with Crippen LogP contribution in [0.25, 0.3) is 0 Å². The third-order valence-corrected chi connectivity index (χ3v) is 7.12. The van der Waals surface area contributed by atoms with E-state index in [1.165, 1.54) is 11.3 Å². The Morgan fingerprint density at radius 1 is 1.11 bits per heavy atom. The number of hydrazine groups is 1. The van der Waals surface area contributed by atoms with Gasteiger partial charge in [0.25, 0.3) is 11.8 Å². The SMILES string of the molecule is Cc1cc(C(=O)NNC(=O)c2csc(C3CCN(C(=S)Nc4ccc(N(C)C)cc4)CC3)n2)n[nH]1. The summed E-state index contributed by atoms with van der Waals surface area (Å²) < 4.78 is 0. The molecule has 0 radical (unpaired) electrons. The quantitative estimate of drug-likeness (QED) is 0.305. The largest absolute Gasteiger partial charge is 0.378 e. The van der Waals surface area contributed by atoms with Gasteiger partial charge in [0.2, 0.25) is 0 Å². The first-order chi connectivity index (χ1) is 16.8. The van der Waals surface area contributed by atoms with E-state index in [1.54, 1.807) is 18.4 Å². The van der Waals surface area contributed by atoms with Crippen LogP contribution in [0.1, 0.15) is 50.4 Å². The summed E-state index contributed by atoms with van der Waals surface area (Å²) in [6.07, 6.45) is 1.79. The van der Waals surface area contributed by atoms with Gasteiger partial charge >= 0.3 is 0 Å². The number of piperidine rings is 1. The molecule has 0 unspecified atom stereocenters. The zero-order valence-corrected chi connectivity index (χ0v) is 21.4. The zero-order valence-electron chi connectivity index (χ0n) is 19.8. The molecule has 12 heteroatoms. The zero-order chi connectivity index (χ0) is 24.9. The molecular formula is C23H28N8O2S2. The van der Waals surface area contributed by atoms with Crippen LogP contribution in [0.2, 0.25) is 0 Å². The van der Waals surface area contributed by atoms with Crippen molar-refractivity contribution in [2.45, 2.75) is 25.7 Å². The Morgan fingerprint density at radius 3 is 2.37 bits per heavy atom. The van der Waals surface area contributed by atoms with Gasteiger partial charge in [0, 0.05) is 55.6 Å². The van der Waals surface area contributed by atoms with Crippen LogP contribution >= 0.6 is 23.6 Å². The number of benzene rings is 1. The maximum absolute atomic E-state index is 12.4. The van der Waals surface area contributed by atoms with Gasteiger partial charge in [0.15, 0.2) is 10.8 Å². The molecule has 4 rings (SSSR count). The summed E-state index contributed by atoms with van der Waals surface area (Å²) in [5, 5.41) is 13.2. The van der Waals surface area contributed by atoms with E-state index in [-0.39, 0.29) is 17.3 Å². The van der Waals surface area contributed by atoms with E-state index in [1.807, 2.05) is 26.2 Å². The van der Waals surface area contributed by atoms with E-state index in [9.17, 15) is 9.59 Å². The Morgan fingerprint density at radius 2 is 1.77 bits per heavy atom. The normalized spacial score (nSPS) is 13.9. The minimum atomic E-state index is -0.497. The number of nitrogens with one attached hydrogen (secondary N) is 4. The van der Waals surface area contributed by atoms with Crippen molar-refractivity contribution in [1.82, 2.24) is 30.9 Å². The molecule has 4 N–H and O–H groups in total. The van der Waals surface area contributed by atoms with Crippen molar-refractivity contribution in [3.8, 4) is 0 Å². The molecule has 2 aromatic heterocycles. The van der Waals surface area contributed by atoms with Crippen LogP contribution in [-0.2, 0) is 0 Å². The number of aromatic amines is 1. The number of H-pyrrole nitrogens is 1. The maximum atomic E-state index is 12.4. The third-order valence-electron chi connectivity index (χ3n) is 5.75. The molecule has 1 fully saturated rings. The minimum Gasteiger partial charge on any atom is -0.378 e. The predicted molar refractivity (Wildman–Crippen MR) is 141 cm³/mol. The van der Waals surface area contributed by atoms with E-state index in [4.69, 9.17) is 12.2 Å². The van der Waals surface area contributed by atoms with Gasteiger partial charge in [-0.05, 0) is 62.3 Å². The summed E-state index contributed by atoms with van der Waals surface area (Å²) in [5.74, 6) is -0.693. The smallest absolute Gasteiger partial charge is 0.290 e. The molecule has 0 spiro atoms.